The molecular weight excluding hydrogens is 162 g/mol. The Morgan fingerprint density at radius 2 is 1.92 bits per heavy atom. The molecule has 1 aromatic rings. The van der Waals surface area contributed by atoms with Crippen LogP contribution in [0.15, 0.2) is 24.5 Å². The van der Waals surface area contributed by atoms with E-state index >= 15 is 0 Å². The van der Waals surface area contributed by atoms with E-state index in [1.165, 1.54) is 5.56 Å². The van der Waals surface area contributed by atoms with Crippen LogP contribution in [0, 0.1) is 0 Å². The monoisotopic (exact) mass is 181 g/mol. The van der Waals surface area contributed by atoms with E-state index in [1.54, 1.807) is 12.4 Å². The maximum absolute atomic E-state index is 5.32. The van der Waals surface area contributed by atoms with Crippen molar-refractivity contribution in [1.82, 2.24) is 10.3 Å². The summed E-state index contributed by atoms with van der Waals surface area (Å²) >= 11 is 0. The lowest BCUT2D eigenvalue weighted by atomic mass is 10.3. The van der Waals surface area contributed by atoms with Crippen molar-refractivity contribution in [1.29, 1.82) is 0 Å². The highest BCUT2D eigenvalue weighted by Gasteiger charge is 1.88. The molecule has 74 valence electrons. The van der Waals surface area contributed by atoms with Crippen molar-refractivity contribution in [3.8, 4) is 0 Å². The van der Waals surface area contributed by atoms with Crippen LogP contribution in [0.3, 0.4) is 0 Å². The minimum Gasteiger partial charge on any atom is -0.329 e. The lowest BCUT2D eigenvalue weighted by Crippen LogP contribution is -2.21. The van der Waals surface area contributed by atoms with E-state index in [1.807, 2.05) is 26.0 Å². The summed E-state index contributed by atoms with van der Waals surface area (Å²) in [7, 11) is 0. The van der Waals surface area contributed by atoms with Gasteiger partial charge < -0.3 is 11.1 Å². The molecule has 1 rings (SSSR count). The second-order valence-electron chi connectivity index (χ2n) is 2.32. The highest BCUT2D eigenvalue weighted by Crippen LogP contribution is 1.93. The van der Waals surface area contributed by atoms with Crippen LogP contribution in [0.2, 0.25) is 0 Å². The molecule has 3 heteroatoms. The summed E-state index contributed by atoms with van der Waals surface area (Å²) < 4.78 is 0. The molecule has 1 heterocycles. The van der Waals surface area contributed by atoms with Crippen molar-refractivity contribution < 1.29 is 0 Å². The number of pyridine rings is 1. The van der Waals surface area contributed by atoms with Gasteiger partial charge in [-0.2, -0.15) is 0 Å². The van der Waals surface area contributed by atoms with Gasteiger partial charge in [-0.3, -0.25) is 4.98 Å². The van der Waals surface area contributed by atoms with Gasteiger partial charge in [0, 0.05) is 32.0 Å². The first-order valence-electron chi connectivity index (χ1n) is 4.73. The quantitative estimate of drug-likeness (QED) is 0.685. The summed E-state index contributed by atoms with van der Waals surface area (Å²) in [5.74, 6) is 0. The second kappa shape index (κ2) is 9.16. The molecule has 0 unspecified atom stereocenters. The zero-order valence-corrected chi connectivity index (χ0v) is 8.46. The highest BCUT2D eigenvalue weighted by atomic mass is 14.9. The number of aromatic nitrogens is 1. The van der Waals surface area contributed by atoms with Crippen molar-refractivity contribution in [3.63, 3.8) is 0 Å². The van der Waals surface area contributed by atoms with E-state index in [0.29, 0.717) is 6.54 Å². The molecule has 0 spiro atoms. The minimum absolute atomic E-state index is 0.686. The normalized spacial score (nSPS) is 8.85. The van der Waals surface area contributed by atoms with Gasteiger partial charge in [0.15, 0.2) is 0 Å². The molecule has 0 saturated carbocycles. The van der Waals surface area contributed by atoms with Crippen LogP contribution in [-0.2, 0) is 6.54 Å². The molecule has 0 radical (unpaired) electrons. The van der Waals surface area contributed by atoms with Crippen molar-refractivity contribution in [2.75, 3.05) is 13.1 Å². The third kappa shape index (κ3) is 6.25. The van der Waals surface area contributed by atoms with Gasteiger partial charge in [-0.15, -0.1) is 0 Å². The molecule has 1 aromatic heterocycles. The number of nitrogens with zero attached hydrogens (tertiary/aromatic N) is 1. The third-order valence-electron chi connectivity index (χ3n) is 1.40. The molecule has 0 atom stereocenters. The Labute approximate surface area is 80.4 Å². The summed E-state index contributed by atoms with van der Waals surface area (Å²) in [6, 6.07) is 3.98. The fourth-order valence-electron chi connectivity index (χ4n) is 0.835. The van der Waals surface area contributed by atoms with Crippen LogP contribution in [0.1, 0.15) is 19.4 Å². The molecule has 0 saturated heterocycles. The molecule has 0 amide bonds. The van der Waals surface area contributed by atoms with Gasteiger partial charge in [0.2, 0.25) is 0 Å². The van der Waals surface area contributed by atoms with Crippen LogP contribution < -0.4 is 11.1 Å². The smallest absolute Gasteiger partial charge is 0.0271 e. The van der Waals surface area contributed by atoms with Crippen molar-refractivity contribution in [3.05, 3.63) is 30.1 Å². The maximum atomic E-state index is 5.32. The first-order valence-corrected chi connectivity index (χ1v) is 4.73. The molecule has 0 aliphatic heterocycles. The Hall–Kier alpha value is -0.930. The summed E-state index contributed by atoms with van der Waals surface area (Å²) in [6.07, 6.45) is 3.58. The van der Waals surface area contributed by atoms with Gasteiger partial charge in [0.1, 0.15) is 0 Å². The number of nitrogens with one attached hydrogen (secondary N) is 1. The van der Waals surface area contributed by atoms with E-state index in [9.17, 15) is 0 Å². The number of hydrogen-bond donors (Lipinski definition) is 2. The zero-order valence-electron chi connectivity index (χ0n) is 8.46. The van der Waals surface area contributed by atoms with E-state index < -0.39 is 0 Å². The lowest BCUT2D eigenvalue weighted by molar-refractivity contribution is 0.694. The number of rotatable bonds is 4. The molecule has 3 N–H and O–H groups in total. The fraction of sp³-hybridized carbons (Fsp3) is 0.500. The topological polar surface area (TPSA) is 50.9 Å². The van der Waals surface area contributed by atoms with Gasteiger partial charge in [-0.1, -0.05) is 13.8 Å². The Bertz CT molecular complexity index is 187. The average Bonchev–Trinajstić information content (AvgIpc) is 2.23. The number of nitrogens with two attached hydrogens (primary N) is 1. The second-order valence-corrected chi connectivity index (χ2v) is 2.32. The predicted octanol–water partition coefficient (Wildman–Crippen LogP) is 1.16. The molecule has 13 heavy (non-hydrogen) atoms. The maximum Gasteiger partial charge on any atom is 0.0271 e. The molecule has 0 aromatic carbocycles. The fourth-order valence-corrected chi connectivity index (χ4v) is 0.835. The Balaban J connectivity index is 0.000000671. The van der Waals surface area contributed by atoms with Crippen LogP contribution in [0.4, 0.5) is 0 Å². The van der Waals surface area contributed by atoms with E-state index in [-0.39, 0.29) is 0 Å². The Morgan fingerprint density at radius 3 is 2.46 bits per heavy atom. The molecule has 3 nitrogen and oxygen atoms in total. The molecule has 0 aliphatic carbocycles. The van der Waals surface area contributed by atoms with Gasteiger partial charge >= 0.3 is 0 Å². The summed E-state index contributed by atoms with van der Waals surface area (Å²) in [5.41, 5.74) is 6.56. The Morgan fingerprint density at radius 1 is 1.31 bits per heavy atom. The van der Waals surface area contributed by atoms with Gasteiger partial charge in [0.05, 0.1) is 0 Å². The van der Waals surface area contributed by atoms with Crippen LogP contribution in [-0.4, -0.2) is 18.1 Å². The molecule has 0 fully saturated rings. The van der Waals surface area contributed by atoms with E-state index in [0.717, 1.165) is 13.1 Å². The Kier molecular flexibility index (Phi) is 8.51. The zero-order chi connectivity index (χ0) is 9.94. The number of hydrogen-bond acceptors (Lipinski definition) is 3. The average molecular weight is 181 g/mol. The van der Waals surface area contributed by atoms with E-state index in [4.69, 9.17) is 5.73 Å². The summed E-state index contributed by atoms with van der Waals surface area (Å²) in [4.78, 5) is 3.92. The van der Waals surface area contributed by atoms with Gasteiger partial charge in [-0.05, 0) is 17.7 Å². The van der Waals surface area contributed by atoms with Gasteiger partial charge in [-0.25, -0.2) is 0 Å². The van der Waals surface area contributed by atoms with Crippen molar-refractivity contribution in [2.24, 2.45) is 5.73 Å². The molecular formula is C10H19N3. The van der Waals surface area contributed by atoms with Crippen molar-refractivity contribution >= 4 is 0 Å². The molecule has 0 bridgehead atoms. The summed E-state index contributed by atoms with van der Waals surface area (Å²) in [5, 5.41) is 3.20. The van der Waals surface area contributed by atoms with Gasteiger partial charge in [0.25, 0.3) is 0 Å². The van der Waals surface area contributed by atoms with Crippen LogP contribution in [0.5, 0.6) is 0 Å². The van der Waals surface area contributed by atoms with E-state index in [2.05, 4.69) is 10.3 Å². The SMILES string of the molecule is CC.NCCNCc1ccncc1. The first kappa shape index (κ1) is 12.1. The van der Waals surface area contributed by atoms with Crippen LogP contribution >= 0.6 is 0 Å². The predicted molar refractivity (Wildman–Crippen MR) is 56.3 cm³/mol. The third-order valence-corrected chi connectivity index (χ3v) is 1.40. The highest BCUT2D eigenvalue weighted by molar-refractivity contribution is 5.08. The minimum atomic E-state index is 0.686. The standard InChI is InChI=1S/C8H13N3.C2H6/c9-3-6-11-7-8-1-4-10-5-2-8;1-2/h1-2,4-5,11H,3,6-7,9H2;1-2H3. The van der Waals surface area contributed by atoms with Crippen molar-refractivity contribution in [2.45, 2.75) is 20.4 Å². The van der Waals surface area contributed by atoms with Crippen LogP contribution in [0.25, 0.3) is 0 Å². The molecule has 0 aliphatic rings. The largest absolute Gasteiger partial charge is 0.329 e. The summed E-state index contributed by atoms with van der Waals surface area (Å²) in [6.45, 7) is 6.42. The lowest BCUT2D eigenvalue weighted by Gasteiger charge is -2.01. The first-order chi connectivity index (χ1) is 6.43.